The molecule has 1 aromatic heterocycles. The Balaban J connectivity index is 2.26. The van der Waals surface area contributed by atoms with Gasteiger partial charge in [-0.1, -0.05) is 11.2 Å². The fraction of sp³-hybridized carbons (Fsp3) is 0.250. The van der Waals surface area contributed by atoms with Crippen molar-refractivity contribution in [3.05, 3.63) is 22.4 Å². The Hall–Kier alpha value is -1.16. The lowest BCUT2D eigenvalue weighted by molar-refractivity contribution is -0.140. The van der Waals surface area contributed by atoms with Crippen LogP contribution in [0.1, 0.15) is 11.8 Å². The van der Waals surface area contributed by atoms with E-state index in [9.17, 15) is 4.79 Å². The van der Waals surface area contributed by atoms with Crippen LogP contribution < -0.4 is 0 Å². The van der Waals surface area contributed by atoms with Gasteiger partial charge < -0.3 is 4.84 Å². The second kappa shape index (κ2) is 4.66. The van der Waals surface area contributed by atoms with Crippen LogP contribution in [0.2, 0.25) is 0 Å². The average Bonchev–Trinajstić information content (AvgIpc) is 2.49. The van der Waals surface area contributed by atoms with Gasteiger partial charge in [-0.3, -0.25) is 0 Å². The largest absolute Gasteiger partial charge is 0.331 e. The number of nitrogens with zero attached hydrogens (tertiary/aromatic N) is 1. The lowest BCUT2D eigenvalue weighted by Crippen LogP contribution is -1.91. The first-order valence-corrected chi connectivity index (χ1v) is 4.39. The number of hydrogen-bond acceptors (Lipinski definition) is 4. The second-order valence-electron chi connectivity index (χ2n) is 2.15. The summed E-state index contributed by atoms with van der Waals surface area (Å²) in [6.45, 7) is 1.32. The Morgan fingerprint density at radius 2 is 2.67 bits per heavy atom. The molecule has 0 fully saturated rings. The molecule has 12 heavy (non-hydrogen) atoms. The van der Waals surface area contributed by atoms with Gasteiger partial charge in [0.2, 0.25) is 0 Å². The predicted octanol–water partition coefficient (Wildman–Crippen LogP) is 1.84. The molecule has 0 unspecified atom stereocenters. The van der Waals surface area contributed by atoms with E-state index in [-0.39, 0.29) is 0 Å². The van der Waals surface area contributed by atoms with Gasteiger partial charge in [-0.2, -0.15) is 0 Å². The molecule has 1 aromatic rings. The first-order chi connectivity index (χ1) is 5.79. The third-order valence-corrected chi connectivity index (χ3v) is 2.03. The zero-order chi connectivity index (χ0) is 8.81. The van der Waals surface area contributed by atoms with Gasteiger partial charge in [0.1, 0.15) is 0 Å². The zero-order valence-electron chi connectivity index (χ0n) is 6.69. The van der Waals surface area contributed by atoms with Gasteiger partial charge in [0.15, 0.2) is 0 Å². The monoisotopic (exact) mass is 183 g/mol. The third kappa shape index (κ3) is 3.30. The normalized spacial score (nSPS) is 10.4. The van der Waals surface area contributed by atoms with E-state index in [1.54, 1.807) is 17.6 Å². The van der Waals surface area contributed by atoms with Gasteiger partial charge in [-0.15, -0.1) is 11.3 Å². The summed E-state index contributed by atoms with van der Waals surface area (Å²) < 4.78 is 0. The van der Waals surface area contributed by atoms with Crippen molar-refractivity contribution in [3.63, 3.8) is 0 Å². The van der Waals surface area contributed by atoms with E-state index in [1.165, 1.54) is 11.8 Å². The zero-order valence-corrected chi connectivity index (χ0v) is 7.50. The molecule has 0 spiro atoms. The van der Waals surface area contributed by atoms with Crippen LogP contribution in [0.25, 0.3) is 0 Å². The van der Waals surface area contributed by atoms with E-state index in [4.69, 9.17) is 0 Å². The molecule has 0 saturated carbocycles. The van der Waals surface area contributed by atoms with Crippen molar-refractivity contribution in [3.8, 4) is 0 Å². The molecule has 0 radical (unpaired) electrons. The van der Waals surface area contributed by atoms with E-state index < -0.39 is 5.97 Å². The number of rotatable bonds is 3. The van der Waals surface area contributed by atoms with Gasteiger partial charge in [-0.25, -0.2) is 4.79 Å². The Bertz CT molecular complexity index is 267. The van der Waals surface area contributed by atoms with Crippen molar-refractivity contribution in [2.75, 3.05) is 0 Å². The van der Waals surface area contributed by atoms with Gasteiger partial charge in [-0.05, 0) is 11.4 Å². The molecular formula is C8H9NO2S. The van der Waals surface area contributed by atoms with Crippen molar-refractivity contribution in [1.29, 1.82) is 0 Å². The van der Waals surface area contributed by atoms with Crippen molar-refractivity contribution in [2.45, 2.75) is 13.3 Å². The minimum absolute atomic E-state index is 0.391. The van der Waals surface area contributed by atoms with Crippen LogP contribution in [0.5, 0.6) is 0 Å². The maximum Gasteiger partial charge on any atom is 0.331 e. The first kappa shape index (κ1) is 8.93. The van der Waals surface area contributed by atoms with Gasteiger partial charge in [0.25, 0.3) is 0 Å². The maximum atomic E-state index is 10.3. The summed E-state index contributed by atoms with van der Waals surface area (Å²) in [6, 6.07) is 3.98. The van der Waals surface area contributed by atoms with Crippen LogP contribution in [-0.4, -0.2) is 12.2 Å². The van der Waals surface area contributed by atoms with Crippen LogP contribution in [0.3, 0.4) is 0 Å². The highest BCUT2D eigenvalue weighted by molar-refractivity contribution is 7.10. The Kier molecular flexibility index (Phi) is 3.47. The van der Waals surface area contributed by atoms with Crippen LogP contribution >= 0.6 is 11.3 Å². The van der Waals surface area contributed by atoms with Gasteiger partial charge >= 0.3 is 5.97 Å². The number of oxime groups is 1. The highest BCUT2D eigenvalue weighted by Crippen LogP contribution is 2.07. The summed E-state index contributed by atoms with van der Waals surface area (Å²) in [6.07, 6.45) is 2.29. The van der Waals surface area contributed by atoms with Crippen molar-refractivity contribution in [1.82, 2.24) is 0 Å². The summed E-state index contributed by atoms with van der Waals surface area (Å²) in [7, 11) is 0. The van der Waals surface area contributed by atoms with E-state index in [1.807, 2.05) is 17.5 Å². The van der Waals surface area contributed by atoms with Gasteiger partial charge in [0.05, 0.1) is 0 Å². The van der Waals surface area contributed by atoms with Crippen LogP contribution in [0, 0.1) is 0 Å². The molecule has 0 bridgehead atoms. The number of thiophene rings is 1. The molecule has 3 nitrogen and oxygen atoms in total. The van der Waals surface area contributed by atoms with E-state index >= 15 is 0 Å². The molecule has 0 aliphatic heterocycles. The molecule has 64 valence electrons. The second-order valence-corrected chi connectivity index (χ2v) is 3.19. The maximum absolute atomic E-state index is 10.3. The topological polar surface area (TPSA) is 38.7 Å². The summed E-state index contributed by atoms with van der Waals surface area (Å²) in [5.74, 6) is -0.391. The molecule has 0 aliphatic carbocycles. The SMILES string of the molecule is CC(=O)O/N=C/Cc1cccs1. The van der Waals surface area contributed by atoms with Crippen LogP contribution in [0.4, 0.5) is 0 Å². The molecule has 0 amide bonds. The predicted molar refractivity (Wildman–Crippen MR) is 48.3 cm³/mol. The molecule has 0 N–H and O–H groups in total. The first-order valence-electron chi connectivity index (χ1n) is 3.51. The van der Waals surface area contributed by atoms with E-state index in [0.29, 0.717) is 6.42 Å². The molecule has 0 aliphatic rings. The highest BCUT2D eigenvalue weighted by Gasteiger charge is 1.90. The molecule has 0 atom stereocenters. The van der Waals surface area contributed by atoms with Crippen LogP contribution in [0.15, 0.2) is 22.7 Å². The molecule has 0 saturated heterocycles. The third-order valence-electron chi connectivity index (χ3n) is 1.13. The van der Waals surface area contributed by atoms with Crippen molar-refractivity contribution < 1.29 is 9.63 Å². The van der Waals surface area contributed by atoms with Crippen molar-refractivity contribution >= 4 is 23.5 Å². The lowest BCUT2D eigenvalue weighted by atomic mass is 10.4. The van der Waals surface area contributed by atoms with E-state index in [2.05, 4.69) is 9.99 Å². The van der Waals surface area contributed by atoms with E-state index in [0.717, 1.165) is 0 Å². The fourth-order valence-corrected chi connectivity index (χ4v) is 1.33. The smallest absolute Gasteiger partial charge is 0.319 e. The lowest BCUT2D eigenvalue weighted by Gasteiger charge is -1.88. The Morgan fingerprint density at radius 1 is 1.83 bits per heavy atom. The highest BCUT2D eigenvalue weighted by atomic mass is 32.1. The van der Waals surface area contributed by atoms with Crippen molar-refractivity contribution in [2.24, 2.45) is 5.16 Å². The minimum Gasteiger partial charge on any atom is -0.319 e. The summed E-state index contributed by atoms with van der Waals surface area (Å²) in [5.41, 5.74) is 0. The van der Waals surface area contributed by atoms with Crippen LogP contribution in [-0.2, 0) is 16.1 Å². The summed E-state index contributed by atoms with van der Waals surface area (Å²) in [5, 5.41) is 5.47. The average molecular weight is 183 g/mol. The summed E-state index contributed by atoms with van der Waals surface area (Å²) >= 11 is 1.65. The number of carbonyl (C=O) groups excluding carboxylic acids is 1. The number of carbonyl (C=O) groups is 1. The quantitative estimate of drug-likeness (QED) is 0.407. The van der Waals surface area contributed by atoms with Gasteiger partial charge in [0, 0.05) is 24.4 Å². The Morgan fingerprint density at radius 3 is 3.25 bits per heavy atom. The summed E-state index contributed by atoms with van der Waals surface area (Å²) in [4.78, 5) is 15.8. The standard InChI is InChI=1S/C8H9NO2S/c1-7(10)11-9-5-4-8-3-2-6-12-8/h2-3,5-6H,4H2,1H3/b9-5+. The number of hydrogen-bond donors (Lipinski definition) is 0. The molecular weight excluding hydrogens is 174 g/mol. The molecule has 1 heterocycles. The molecule has 1 rings (SSSR count). The fourth-order valence-electron chi connectivity index (χ4n) is 0.667. The Labute approximate surface area is 74.7 Å². The minimum atomic E-state index is -0.391. The molecule has 4 heteroatoms. The molecule has 0 aromatic carbocycles.